The van der Waals surface area contributed by atoms with Gasteiger partial charge in [-0.2, -0.15) is 14.9 Å². The molecule has 3 aromatic rings. The average molecular weight is 311 g/mol. The van der Waals surface area contributed by atoms with Crippen LogP contribution in [0.25, 0.3) is 10.9 Å². The summed E-state index contributed by atoms with van der Waals surface area (Å²) >= 11 is 5.18. The van der Waals surface area contributed by atoms with E-state index in [9.17, 15) is 0 Å². The highest BCUT2D eigenvalue weighted by atomic mass is 32.1. The van der Waals surface area contributed by atoms with Gasteiger partial charge >= 0.3 is 0 Å². The Hall–Kier alpha value is -2.47. The Bertz CT molecular complexity index is 926. The maximum Gasteiger partial charge on any atom is 0.216 e. The molecule has 0 radical (unpaired) electrons. The van der Waals surface area contributed by atoms with Gasteiger partial charge in [0.05, 0.1) is 6.21 Å². The minimum Gasteiger partial charge on any atom is -0.340 e. The number of rotatable bonds is 4. The number of nitrogens with zero attached hydrogens (tertiary/aromatic N) is 4. The van der Waals surface area contributed by atoms with Crippen molar-refractivity contribution in [1.82, 2.24) is 19.4 Å². The number of nitrogens with one attached hydrogen (secondary N) is 1. The van der Waals surface area contributed by atoms with Crippen LogP contribution < -0.4 is 0 Å². The molecule has 112 valence electrons. The predicted molar refractivity (Wildman–Crippen MR) is 92.0 cm³/mol. The Morgan fingerprint density at radius 1 is 1.36 bits per heavy atom. The van der Waals surface area contributed by atoms with Gasteiger partial charge in [0.1, 0.15) is 5.82 Å². The molecule has 5 nitrogen and oxygen atoms in total. The van der Waals surface area contributed by atoms with E-state index >= 15 is 0 Å². The molecule has 0 saturated heterocycles. The number of aromatic nitrogens is 4. The molecule has 0 fully saturated rings. The highest BCUT2D eigenvalue weighted by Crippen LogP contribution is 2.24. The van der Waals surface area contributed by atoms with Crippen LogP contribution in [0.3, 0.4) is 0 Å². The van der Waals surface area contributed by atoms with Gasteiger partial charge in [0.2, 0.25) is 4.77 Å². The largest absolute Gasteiger partial charge is 0.340 e. The number of hydrogen-bond donors (Lipinski definition) is 1. The van der Waals surface area contributed by atoms with E-state index in [0.29, 0.717) is 4.77 Å². The summed E-state index contributed by atoms with van der Waals surface area (Å²) in [5.74, 6) is 0.730. The van der Waals surface area contributed by atoms with E-state index in [-0.39, 0.29) is 0 Å². The topological polar surface area (TPSA) is 50.9 Å². The number of para-hydroxylation sites is 1. The molecule has 0 spiro atoms. The molecule has 0 saturated carbocycles. The van der Waals surface area contributed by atoms with Crippen molar-refractivity contribution in [3.63, 3.8) is 0 Å². The van der Waals surface area contributed by atoms with Gasteiger partial charge in [-0.25, -0.2) is 0 Å². The van der Waals surface area contributed by atoms with E-state index in [4.69, 9.17) is 12.2 Å². The van der Waals surface area contributed by atoms with Crippen molar-refractivity contribution in [2.24, 2.45) is 5.10 Å². The zero-order chi connectivity index (χ0) is 15.7. The number of H-pyrrole nitrogens is 1. The zero-order valence-corrected chi connectivity index (χ0v) is 13.4. The van der Waals surface area contributed by atoms with E-state index in [0.717, 1.165) is 23.6 Å². The van der Waals surface area contributed by atoms with Crippen molar-refractivity contribution in [1.29, 1.82) is 0 Å². The number of benzene rings is 1. The monoisotopic (exact) mass is 311 g/mol. The lowest BCUT2D eigenvalue weighted by Crippen LogP contribution is -1.99. The van der Waals surface area contributed by atoms with Crippen LogP contribution in [0.5, 0.6) is 0 Å². The van der Waals surface area contributed by atoms with E-state index in [1.54, 1.807) is 4.68 Å². The molecule has 3 rings (SSSR count). The SMILES string of the molecule is C=CCn1c(C)c(/C=N\n2c(C)n[nH]c2=S)c2ccccc21. The van der Waals surface area contributed by atoms with Gasteiger partial charge in [0.15, 0.2) is 0 Å². The van der Waals surface area contributed by atoms with Crippen LogP contribution >= 0.6 is 12.2 Å². The maximum atomic E-state index is 5.18. The molecule has 0 amide bonds. The molecule has 0 unspecified atom stereocenters. The van der Waals surface area contributed by atoms with Crippen LogP contribution in [0.2, 0.25) is 0 Å². The smallest absolute Gasteiger partial charge is 0.216 e. The summed E-state index contributed by atoms with van der Waals surface area (Å²) in [6.07, 6.45) is 3.74. The summed E-state index contributed by atoms with van der Waals surface area (Å²) in [7, 11) is 0. The standard InChI is InChI=1S/C16H17N5S/c1-4-9-20-11(2)14(13-7-5-6-8-15(13)20)10-17-21-12(3)18-19-16(21)22/h4-8,10H,1,9H2,2-3H3,(H,19,22)/b17-10-. The van der Waals surface area contributed by atoms with Crippen molar-refractivity contribution in [3.8, 4) is 0 Å². The second-order valence-electron chi connectivity index (χ2n) is 5.05. The first-order valence-electron chi connectivity index (χ1n) is 7.00. The van der Waals surface area contributed by atoms with Crippen molar-refractivity contribution >= 4 is 29.3 Å². The second-order valence-corrected chi connectivity index (χ2v) is 5.43. The van der Waals surface area contributed by atoms with Gasteiger partial charge in [-0.15, -0.1) is 6.58 Å². The molecule has 0 atom stereocenters. The Balaban J connectivity index is 2.17. The van der Waals surface area contributed by atoms with Gasteiger partial charge in [-0.05, 0) is 32.1 Å². The quantitative estimate of drug-likeness (QED) is 0.455. The van der Waals surface area contributed by atoms with Gasteiger partial charge in [0.25, 0.3) is 0 Å². The molecule has 2 aromatic heterocycles. The molecule has 22 heavy (non-hydrogen) atoms. The molecular weight excluding hydrogens is 294 g/mol. The summed E-state index contributed by atoms with van der Waals surface area (Å²) < 4.78 is 4.33. The van der Waals surface area contributed by atoms with E-state index in [2.05, 4.69) is 45.5 Å². The molecule has 0 aliphatic carbocycles. The molecule has 2 heterocycles. The lowest BCUT2D eigenvalue weighted by molar-refractivity contribution is 0.816. The number of fused-ring (bicyclic) bond motifs is 1. The fourth-order valence-corrected chi connectivity index (χ4v) is 2.83. The third-order valence-electron chi connectivity index (χ3n) is 3.71. The van der Waals surface area contributed by atoms with Crippen LogP contribution in [-0.4, -0.2) is 25.7 Å². The summed E-state index contributed by atoms with van der Waals surface area (Å²) in [6.45, 7) is 8.55. The molecule has 1 aromatic carbocycles. The first-order chi connectivity index (χ1) is 10.6. The van der Waals surface area contributed by atoms with E-state index < -0.39 is 0 Å². The lowest BCUT2D eigenvalue weighted by atomic mass is 10.1. The van der Waals surface area contributed by atoms with Crippen molar-refractivity contribution in [2.75, 3.05) is 0 Å². The summed E-state index contributed by atoms with van der Waals surface area (Å²) in [4.78, 5) is 0. The minimum atomic E-state index is 0.487. The minimum absolute atomic E-state index is 0.487. The van der Waals surface area contributed by atoms with Gasteiger partial charge in [0, 0.05) is 28.7 Å². The van der Waals surface area contributed by atoms with Crippen LogP contribution in [-0.2, 0) is 6.54 Å². The molecular formula is C16H17N5S. The van der Waals surface area contributed by atoms with Gasteiger partial charge in [-0.3, -0.25) is 5.10 Å². The summed E-state index contributed by atoms with van der Waals surface area (Å²) in [5.41, 5.74) is 3.41. The Morgan fingerprint density at radius 3 is 2.82 bits per heavy atom. The second kappa shape index (κ2) is 5.73. The first kappa shape index (κ1) is 14.5. The fourth-order valence-electron chi connectivity index (χ4n) is 2.61. The number of aryl methyl sites for hydroxylation is 1. The van der Waals surface area contributed by atoms with Crippen LogP contribution in [0.4, 0.5) is 0 Å². The fraction of sp³-hybridized carbons (Fsp3) is 0.188. The third-order valence-corrected chi connectivity index (χ3v) is 3.97. The van der Waals surface area contributed by atoms with Crippen molar-refractivity contribution in [3.05, 3.63) is 58.8 Å². The number of aromatic amines is 1. The highest BCUT2D eigenvalue weighted by Gasteiger charge is 2.11. The summed E-state index contributed by atoms with van der Waals surface area (Å²) in [5, 5.41) is 12.4. The Morgan fingerprint density at radius 2 is 2.14 bits per heavy atom. The normalized spacial score (nSPS) is 11.5. The van der Waals surface area contributed by atoms with Gasteiger partial charge < -0.3 is 4.57 Å². The third kappa shape index (κ3) is 2.31. The molecule has 1 N–H and O–H groups in total. The van der Waals surface area contributed by atoms with Crippen molar-refractivity contribution < 1.29 is 0 Å². The van der Waals surface area contributed by atoms with Gasteiger partial charge in [-0.1, -0.05) is 24.3 Å². The number of allylic oxidation sites excluding steroid dienone is 1. The zero-order valence-electron chi connectivity index (χ0n) is 12.6. The number of hydrogen-bond acceptors (Lipinski definition) is 3. The Labute approximate surface area is 133 Å². The maximum absolute atomic E-state index is 5.18. The van der Waals surface area contributed by atoms with E-state index in [1.807, 2.05) is 31.3 Å². The van der Waals surface area contributed by atoms with Crippen molar-refractivity contribution in [2.45, 2.75) is 20.4 Å². The van der Waals surface area contributed by atoms with Crippen LogP contribution in [0, 0.1) is 18.6 Å². The van der Waals surface area contributed by atoms with Crippen LogP contribution in [0.1, 0.15) is 17.1 Å². The lowest BCUT2D eigenvalue weighted by Gasteiger charge is -2.03. The Kier molecular flexibility index (Phi) is 3.77. The van der Waals surface area contributed by atoms with Crippen LogP contribution in [0.15, 0.2) is 42.0 Å². The molecule has 6 heteroatoms. The first-order valence-corrected chi connectivity index (χ1v) is 7.41. The average Bonchev–Trinajstić information content (AvgIpc) is 2.97. The predicted octanol–water partition coefficient (Wildman–Crippen LogP) is 3.58. The molecule has 0 bridgehead atoms. The molecule has 0 aliphatic rings. The highest BCUT2D eigenvalue weighted by molar-refractivity contribution is 7.71. The van der Waals surface area contributed by atoms with E-state index in [1.165, 1.54) is 10.9 Å². The summed E-state index contributed by atoms with van der Waals surface area (Å²) in [6, 6.07) is 8.29. The molecule has 0 aliphatic heterocycles.